The molecule has 0 spiro atoms. The van der Waals surface area contributed by atoms with Crippen LogP contribution in [0.15, 0.2) is 188 Å². The van der Waals surface area contributed by atoms with Gasteiger partial charge < -0.3 is 4.90 Å². The average Bonchev–Trinajstić information content (AvgIpc) is 3.44. The van der Waals surface area contributed by atoms with Gasteiger partial charge in [0.05, 0.1) is 0 Å². The van der Waals surface area contributed by atoms with E-state index >= 15 is 0 Å². The van der Waals surface area contributed by atoms with E-state index in [4.69, 9.17) is 0 Å². The summed E-state index contributed by atoms with van der Waals surface area (Å²) in [6.07, 6.45) is 0. The van der Waals surface area contributed by atoms with Crippen molar-refractivity contribution in [2.24, 2.45) is 0 Å². The van der Waals surface area contributed by atoms with E-state index in [2.05, 4.69) is 207 Å². The maximum atomic E-state index is 2.44. The summed E-state index contributed by atoms with van der Waals surface area (Å²) in [4.78, 5) is 2.44. The van der Waals surface area contributed by atoms with Crippen molar-refractivity contribution in [1.29, 1.82) is 0 Å². The highest BCUT2D eigenvalue weighted by Crippen LogP contribution is 2.51. The Morgan fingerprint density at radius 1 is 0.308 bits per heavy atom. The SMILES string of the molecule is CC1(C)c2ccccc2-c2ccc(N(c3ccc(-c4ccc(-c5ccccc5)cc4)cc3)c3ccc4c5ccccc5c5ccccc5c4c3)cc21. The monoisotopic (exact) mass is 663 g/mol. The fraction of sp³-hybridized carbons (Fsp3) is 0.0588. The molecular weight excluding hydrogens is 627 g/mol. The van der Waals surface area contributed by atoms with Crippen LogP contribution in [0.1, 0.15) is 25.0 Å². The predicted octanol–water partition coefficient (Wildman–Crippen LogP) is 14.3. The molecule has 0 amide bonds. The van der Waals surface area contributed by atoms with Crippen LogP contribution >= 0.6 is 0 Å². The van der Waals surface area contributed by atoms with Crippen LogP contribution in [0, 0.1) is 0 Å². The highest BCUT2D eigenvalue weighted by molar-refractivity contribution is 6.25. The molecule has 1 heteroatoms. The lowest BCUT2D eigenvalue weighted by Crippen LogP contribution is -2.16. The Balaban J connectivity index is 1.13. The second-order valence-corrected chi connectivity index (χ2v) is 14.5. The smallest absolute Gasteiger partial charge is 0.0468 e. The Morgan fingerprint density at radius 2 is 0.731 bits per heavy atom. The molecule has 0 aromatic heterocycles. The molecule has 0 N–H and O–H groups in total. The molecule has 0 bridgehead atoms. The van der Waals surface area contributed by atoms with Gasteiger partial charge in [-0.25, -0.2) is 0 Å². The number of fused-ring (bicyclic) bond motifs is 9. The number of rotatable bonds is 5. The molecular formula is C51H37N. The Labute approximate surface area is 305 Å². The van der Waals surface area contributed by atoms with Crippen molar-refractivity contribution >= 4 is 49.4 Å². The number of anilines is 3. The zero-order chi connectivity index (χ0) is 34.8. The van der Waals surface area contributed by atoms with E-state index in [1.165, 1.54) is 76.8 Å². The molecule has 246 valence electrons. The lowest BCUT2D eigenvalue weighted by molar-refractivity contribution is 0.660. The first kappa shape index (κ1) is 30.4. The van der Waals surface area contributed by atoms with Gasteiger partial charge in [-0.15, -0.1) is 0 Å². The molecule has 0 atom stereocenters. The van der Waals surface area contributed by atoms with Crippen molar-refractivity contribution in [2.45, 2.75) is 19.3 Å². The van der Waals surface area contributed by atoms with Gasteiger partial charge in [-0.2, -0.15) is 0 Å². The van der Waals surface area contributed by atoms with Gasteiger partial charge in [0.1, 0.15) is 0 Å². The maximum Gasteiger partial charge on any atom is 0.0468 e. The molecule has 1 aliphatic carbocycles. The van der Waals surface area contributed by atoms with Crippen LogP contribution in [0.2, 0.25) is 0 Å². The summed E-state index contributed by atoms with van der Waals surface area (Å²) in [6.45, 7) is 4.72. The summed E-state index contributed by atoms with van der Waals surface area (Å²) >= 11 is 0. The van der Waals surface area contributed by atoms with Gasteiger partial charge in [0.2, 0.25) is 0 Å². The first-order chi connectivity index (χ1) is 25.5. The van der Waals surface area contributed by atoms with Crippen molar-refractivity contribution in [3.63, 3.8) is 0 Å². The molecule has 0 saturated heterocycles. The molecule has 1 aliphatic rings. The zero-order valence-corrected chi connectivity index (χ0v) is 29.3. The Bertz CT molecular complexity index is 2760. The van der Waals surface area contributed by atoms with Crippen LogP contribution in [0.4, 0.5) is 17.1 Å². The molecule has 0 fully saturated rings. The summed E-state index contributed by atoms with van der Waals surface area (Å²) in [5.41, 5.74) is 13.6. The average molecular weight is 664 g/mol. The van der Waals surface area contributed by atoms with Gasteiger partial charge in [-0.1, -0.05) is 166 Å². The molecule has 0 radical (unpaired) electrons. The number of benzene rings is 9. The molecule has 0 aliphatic heterocycles. The van der Waals surface area contributed by atoms with Crippen molar-refractivity contribution in [3.05, 3.63) is 199 Å². The van der Waals surface area contributed by atoms with Crippen LogP contribution in [0.3, 0.4) is 0 Å². The summed E-state index contributed by atoms with van der Waals surface area (Å²) in [7, 11) is 0. The Morgan fingerprint density at radius 3 is 1.37 bits per heavy atom. The molecule has 52 heavy (non-hydrogen) atoms. The zero-order valence-electron chi connectivity index (χ0n) is 29.3. The second kappa shape index (κ2) is 11.8. The first-order valence-corrected chi connectivity index (χ1v) is 18.2. The highest BCUT2D eigenvalue weighted by Gasteiger charge is 2.35. The van der Waals surface area contributed by atoms with Crippen molar-refractivity contribution < 1.29 is 0 Å². The number of hydrogen-bond donors (Lipinski definition) is 0. The minimum atomic E-state index is -0.0954. The number of nitrogens with zero attached hydrogens (tertiary/aromatic N) is 1. The van der Waals surface area contributed by atoms with Crippen molar-refractivity contribution in [2.75, 3.05) is 4.90 Å². The van der Waals surface area contributed by atoms with Gasteiger partial charge in [-0.05, 0) is 113 Å². The van der Waals surface area contributed by atoms with Gasteiger partial charge in [-0.3, -0.25) is 0 Å². The van der Waals surface area contributed by atoms with E-state index in [-0.39, 0.29) is 5.41 Å². The van der Waals surface area contributed by atoms with Crippen LogP contribution in [-0.4, -0.2) is 0 Å². The summed E-state index contributed by atoms with van der Waals surface area (Å²) in [5, 5.41) is 7.68. The summed E-state index contributed by atoms with van der Waals surface area (Å²) < 4.78 is 0. The highest BCUT2D eigenvalue weighted by atomic mass is 15.1. The minimum Gasteiger partial charge on any atom is -0.310 e. The van der Waals surface area contributed by atoms with Crippen molar-refractivity contribution in [1.82, 2.24) is 0 Å². The summed E-state index contributed by atoms with van der Waals surface area (Å²) in [6, 6.07) is 69.1. The van der Waals surface area contributed by atoms with E-state index in [1.54, 1.807) is 0 Å². The summed E-state index contributed by atoms with van der Waals surface area (Å²) in [5.74, 6) is 0. The van der Waals surface area contributed by atoms with E-state index in [1.807, 2.05) is 0 Å². The Hall–Kier alpha value is -6.44. The Kier molecular flexibility index (Phi) is 6.91. The second-order valence-electron chi connectivity index (χ2n) is 14.5. The standard InChI is InChI=1S/C51H37N/c1-51(2)49-19-11-10-18-46(49)47-31-29-40(33-50(47)51)52(38-26-24-37(25-27-38)36-22-20-35(21-23-36)34-12-4-3-5-13-34)39-28-30-45-43-16-7-6-14-41(43)42-15-8-9-17-44(42)48(45)32-39/h3-33H,1-2H3. The molecule has 0 heterocycles. The van der Waals surface area contributed by atoms with E-state index < -0.39 is 0 Å². The molecule has 10 rings (SSSR count). The van der Waals surface area contributed by atoms with Crippen LogP contribution in [0.25, 0.3) is 65.7 Å². The van der Waals surface area contributed by atoms with E-state index in [0.717, 1.165) is 17.1 Å². The lowest BCUT2D eigenvalue weighted by Gasteiger charge is -2.28. The third-order valence-corrected chi connectivity index (χ3v) is 11.3. The quantitative estimate of drug-likeness (QED) is 0.166. The fourth-order valence-electron chi connectivity index (χ4n) is 8.60. The van der Waals surface area contributed by atoms with Gasteiger partial charge in [0, 0.05) is 22.5 Å². The number of hydrogen-bond acceptors (Lipinski definition) is 1. The molecule has 9 aromatic rings. The largest absolute Gasteiger partial charge is 0.310 e. The molecule has 1 nitrogen and oxygen atoms in total. The van der Waals surface area contributed by atoms with Gasteiger partial charge >= 0.3 is 0 Å². The van der Waals surface area contributed by atoms with E-state index in [9.17, 15) is 0 Å². The van der Waals surface area contributed by atoms with Gasteiger partial charge in [0.15, 0.2) is 0 Å². The third kappa shape index (κ3) is 4.77. The predicted molar refractivity (Wildman–Crippen MR) is 222 cm³/mol. The molecule has 9 aromatic carbocycles. The third-order valence-electron chi connectivity index (χ3n) is 11.3. The van der Waals surface area contributed by atoms with E-state index in [0.29, 0.717) is 0 Å². The topological polar surface area (TPSA) is 3.24 Å². The van der Waals surface area contributed by atoms with Gasteiger partial charge in [0.25, 0.3) is 0 Å². The first-order valence-electron chi connectivity index (χ1n) is 18.2. The van der Waals surface area contributed by atoms with Crippen molar-refractivity contribution in [3.8, 4) is 33.4 Å². The van der Waals surface area contributed by atoms with Crippen LogP contribution < -0.4 is 4.90 Å². The fourth-order valence-corrected chi connectivity index (χ4v) is 8.60. The minimum absolute atomic E-state index is 0.0954. The van der Waals surface area contributed by atoms with Crippen LogP contribution in [-0.2, 0) is 5.41 Å². The normalized spacial score (nSPS) is 13.0. The molecule has 0 unspecified atom stereocenters. The van der Waals surface area contributed by atoms with Crippen LogP contribution in [0.5, 0.6) is 0 Å². The maximum absolute atomic E-state index is 2.44. The lowest BCUT2D eigenvalue weighted by atomic mass is 9.82. The molecule has 0 saturated carbocycles.